The zero-order chi connectivity index (χ0) is 12.4. The zero-order valence-corrected chi connectivity index (χ0v) is 11.0. The average Bonchev–Trinajstić information content (AvgIpc) is 3.07. The Hall–Kier alpha value is -1.07. The number of nitrogen functional groups attached to an aromatic ring is 1. The highest BCUT2D eigenvalue weighted by molar-refractivity contribution is 9.10. The zero-order valence-electron chi connectivity index (χ0n) is 9.40. The molecule has 0 bridgehead atoms. The van der Waals surface area contributed by atoms with Crippen LogP contribution in [0.2, 0.25) is 0 Å². The van der Waals surface area contributed by atoms with Gasteiger partial charge in [-0.1, -0.05) is 15.9 Å². The number of carbonyl (C=O) groups excluding carboxylic acids is 1. The summed E-state index contributed by atoms with van der Waals surface area (Å²) < 4.78 is 0.792. The number of nitrogens with zero attached hydrogens (tertiary/aromatic N) is 1. The standard InChI is InChI=1S/C12H15BrN2O2/c13-9-5-8(6-10(14)7-9)12(17)15(3-4-16)11-1-2-11/h5-7,11,16H,1-4,14H2. The number of nitrogens with two attached hydrogens (primary N) is 1. The molecule has 0 spiro atoms. The molecule has 4 nitrogen and oxygen atoms in total. The van der Waals surface area contributed by atoms with E-state index in [9.17, 15) is 4.79 Å². The van der Waals surface area contributed by atoms with Crippen molar-refractivity contribution < 1.29 is 9.90 Å². The molecular weight excluding hydrogens is 284 g/mol. The molecule has 1 amide bonds. The maximum absolute atomic E-state index is 12.3. The molecule has 0 atom stereocenters. The highest BCUT2D eigenvalue weighted by Gasteiger charge is 2.32. The molecule has 17 heavy (non-hydrogen) atoms. The molecule has 1 aliphatic rings. The molecule has 0 unspecified atom stereocenters. The number of halogens is 1. The van der Waals surface area contributed by atoms with Crippen molar-refractivity contribution in [2.75, 3.05) is 18.9 Å². The maximum Gasteiger partial charge on any atom is 0.254 e. The summed E-state index contributed by atoms with van der Waals surface area (Å²) in [7, 11) is 0. The fourth-order valence-electron chi connectivity index (χ4n) is 1.85. The van der Waals surface area contributed by atoms with Crippen LogP contribution in [0, 0.1) is 0 Å². The first-order valence-corrected chi connectivity index (χ1v) is 6.39. The topological polar surface area (TPSA) is 66.6 Å². The van der Waals surface area contributed by atoms with E-state index in [1.807, 2.05) is 0 Å². The Kier molecular flexibility index (Phi) is 3.69. The van der Waals surface area contributed by atoms with Crippen LogP contribution in [0.25, 0.3) is 0 Å². The van der Waals surface area contributed by atoms with Crippen LogP contribution in [0.3, 0.4) is 0 Å². The van der Waals surface area contributed by atoms with Gasteiger partial charge >= 0.3 is 0 Å². The minimum absolute atomic E-state index is 0.00821. The van der Waals surface area contributed by atoms with Crippen LogP contribution in [-0.4, -0.2) is 35.1 Å². The van der Waals surface area contributed by atoms with Gasteiger partial charge in [0.15, 0.2) is 0 Å². The van der Waals surface area contributed by atoms with E-state index in [2.05, 4.69) is 15.9 Å². The molecule has 1 aromatic rings. The number of aliphatic hydroxyl groups is 1. The molecule has 2 rings (SSSR count). The molecular formula is C12H15BrN2O2. The SMILES string of the molecule is Nc1cc(Br)cc(C(=O)N(CCO)C2CC2)c1. The quantitative estimate of drug-likeness (QED) is 0.830. The second kappa shape index (κ2) is 5.06. The third-order valence-corrected chi connectivity index (χ3v) is 3.21. The second-order valence-corrected chi connectivity index (χ2v) is 5.14. The Balaban J connectivity index is 2.21. The van der Waals surface area contributed by atoms with Gasteiger partial charge < -0.3 is 15.7 Å². The molecule has 1 saturated carbocycles. The Morgan fingerprint density at radius 3 is 2.71 bits per heavy atom. The van der Waals surface area contributed by atoms with E-state index in [1.54, 1.807) is 23.1 Å². The third kappa shape index (κ3) is 2.98. The number of benzene rings is 1. The van der Waals surface area contributed by atoms with Gasteiger partial charge in [0.2, 0.25) is 0 Å². The molecule has 5 heteroatoms. The van der Waals surface area contributed by atoms with Gasteiger partial charge in [-0.25, -0.2) is 0 Å². The fourth-order valence-corrected chi connectivity index (χ4v) is 2.36. The average molecular weight is 299 g/mol. The van der Waals surface area contributed by atoms with E-state index in [0.29, 0.717) is 17.8 Å². The van der Waals surface area contributed by atoms with Gasteiger partial charge in [-0.2, -0.15) is 0 Å². The van der Waals surface area contributed by atoms with E-state index in [1.165, 1.54) is 0 Å². The number of hydrogen-bond acceptors (Lipinski definition) is 3. The maximum atomic E-state index is 12.3. The first-order valence-electron chi connectivity index (χ1n) is 5.59. The van der Waals surface area contributed by atoms with Crippen LogP contribution in [0.4, 0.5) is 5.69 Å². The summed E-state index contributed by atoms with van der Waals surface area (Å²) in [5.74, 6) is -0.0606. The van der Waals surface area contributed by atoms with Crippen LogP contribution in [0.15, 0.2) is 22.7 Å². The molecule has 1 fully saturated rings. The van der Waals surface area contributed by atoms with Gasteiger partial charge in [0.1, 0.15) is 0 Å². The van der Waals surface area contributed by atoms with Crippen LogP contribution in [0.5, 0.6) is 0 Å². The smallest absolute Gasteiger partial charge is 0.254 e. The summed E-state index contributed by atoms with van der Waals surface area (Å²) >= 11 is 3.32. The predicted octanol–water partition coefficient (Wildman–Crippen LogP) is 1.63. The summed E-state index contributed by atoms with van der Waals surface area (Å²) in [6.07, 6.45) is 2.05. The molecule has 3 N–H and O–H groups in total. The lowest BCUT2D eigenvalue weighted by atomic mass is 10.1. The number of anilines is 1. The minimum atomic E-state index is -0.0606. The monoisotopic (exact) mass is 298 g/mol. The predicted molar refractivity (Wildman–Crippen MR) is 69.7 cm³/mol. The molecule has 0 saturated heterocycles. The number of hydrogen-bond donors (Lipinski definition) is 2. The Bertz CT molecular complexity index is 412. The number of rotatable bonds is 4. The molecule has 0 aromatic heterocycles. The van der Waals surface area contributed by atoms with Crippen molar-refractivity contribution in [3.8, 4) is 0 Å². The Morgan fingerprint density at radius 2 is 2.18 bits per heavy atom. The summed E-state index contributed by atoms with van der Waals surface area (Å²) in [4.78, 5) is 14.0. The van der Waals surface area contributed by atoms with E-state index >= 15 is 0 Å². The van der Waals surface area contributed by atoms with Gasteiger partial charge in [-0.15, -0.1) is 0 Å². The van der Waals surface area contributed by atoms with E-state index in [0.717, 1.165) is 17.3 Å². The first kappa shape index (κ1) is 12.4. The lowest BCUT2D eigenvalue weighted by molar-refractivity contribution is 0.0707. The van der Waals surface area contributed by atoms with Gasteiger partial charge in [0.25, 0.3) is 5.91 Å². The van der Waals surface area contributed by atoms with Crippen molar-refractivity contribution in [3.05, 3.63) is 28.2 Å². The summed E-state index contributed by atoms with van der Waals surface area (Å²) in [6, 6.07) is 5.46. The van der Waals surface area contributed by atoms with Gasteiger partial charge in [0, 0.05) is 28.3 Å². The highest BCUT2D eigenvalue weighted by Crippen LogP contribution is 2.29. The summed E-state index contributed by atoms with van der Waals surface area (Å²) in [6.45, 7) is 0.377. The third-order valence-electron chi connectivity index (χ3n) is 2.76. The van der Waals surface area contributed by atoms with E-state index < -0.39 is 0 Å². The molecule has 0 heterocycles. The molecule has 1 aromatic carbocycles. The Morgan fingerprint density at radius 1 is 1.47 bits per heavy atom. The van der Waals surface area contributed by atoms with Crippen molar-refractivity contribution >= 4 is 27.5 Å². The van der Waals surface area contributed by atoms with E-state index in [-0.39, 0.29) is 18.6 Å². The van der Waals surface area contributed by atoms with Gasteiger partial charge in [0.05, 0.1) is 6.61 Å². The second-order valence-electron chi connectivity index (χ2n) is 4.23. The number of carbonyl (C=O) groups is 1. The highest BCUT2D eigenvalue weighted by atomic mass is 79.9. The van der Waals surface area contributed by atoms with Crippen molar-refractivity contribution in [1.29, 1.82) is 0 Å². The Labute approximate surface area is 109 Å². The molecule has 0 aliphatic heterocycles. The van der Waals surface area contributed by atoms with Crippen LogP contribution in [-0.2, 0) is 0 Å². The summed E-state index contributed by atoms with van der Waals surface area (Å²) in [5, 5.41) is 8.99. The van der Waals surface area contributed by atoms with Gasteiger partial charge in [-0.3, -0.25) is 4.79 Å². The van der Waals surface area contributed by atoms with Crippen molar-refractivity contribution in [2.24, 2.45) is 0 Å². The van der Waals surface area contributed by atoms with Crippen molar-refractivity contribution in [1.82, 2.24) is 4.90 Å². The lowest BCUT2D eigenvalue weighted by Crippen LogP contribution is -2.35. The number of amides is 1. The number of aliphatic hydroxyl groups excluding tert-OH is 1. The molecule has 0 radical (unpaired) electrons. The molecule has 1 aliphatic carbocycles. The first-order chi connectivity index (χ1) is 8.11. The van der Waals surface area contributed by atoms with Crippen LogP contribution >= 0.6 is 15.9 Å². The van der Waals surface area contributed by atoms with E-state index in [4.69, 9.17) is 10.8 Å². The minimum Gasteiger partial charge on any atom is -0.399 e. The van der Waals surface area contributed by atoms with Crippen LogP contribution in [0.1, 0.15) is 23.2 Å². The van der Waals surface area contributed by atoms with Gasteiger partial charge in [-0.05, 0) is 31.0 Å². The largest absolute Gasteiger partial charge is 0.399 e. The normalized spacial score (nSPS) is 14.7. The fraction of sp³-hybridized carbons (Fsp3) is 0.417. The summed E-state index contributed by atoms with van der Waals surface area (Å²) in [5.41, 5.74) is 6.84. The van der Waals surface area contributed by atoms with Crippen molar-refractivity contribution in [3.63, 3.8) is 0 Å². The lowest BCUT2D eigenvalue weighted by Gasteiger charge is -2.21. The van der Waals surface area contributed by atoms with Crippen molar-refractivity contribution in [2.45, 2.75) is 18.9 Å². The van der Waals surface area contributed by atoms with Crippen LogP contribution < -0.4 is 5.73 Å². The molecule has 92 valence electrons.